The number of nitrogens with one attached hydrogen (secondary N) is 1. The lowest BCUT2D eigenvalue weighted by Crippen LogP contribution is -2.25. The quantitative estimate of drug-likeness (QED) is 0.531. The third-order valence-electron chi connectivity index (χ3n) is 5.00. The highest BCUT2D eigenvalue weighted by atomic mass is 35.5. The SMILES string of the molecule is Clc1ccc(C2C3=C(Nc4ccc(Cl)cc42)c2ccccc2OC3)cc1. The monoisotopic (exact) mass is 379 g/mol. The summed E-state index contributed by atoms with van der Waals surface area (Å²) in [6, 6.07) is 22.2. The molecule has 5 rings (SSSR count). The van der Waals surface area contributed by atoms with Crippen LogP contribution in [0.2, 0.25) is 10.0 Å². The van der Waals surface area contributed by atoms with Crippen LogP contribution in [0.5, 0.6) is 5.75 Å². The number of benzene rings is 3. The van der Waals surface area contributed by atoms with Gasteiger partial charge in [-0.05, 0) is 53.6 Å². The summed E-state index contributed by atoms with van der Waals surface area (Å²) in [5.74, 6) is 0.983. The van der Waals surface area contributed by atoms with Gasteiger partial charge < -0.3 is 10.1 Å². The summed E-state index contributed by atoms with van der Waals surface area (Å²) in [7, 11) is 0. The molecule has 0 radical (unpaired) electrons. The molecule has 2 aliphatic rings. The van der Waals surface area contributed by atoms with E-state index in [1.54, 1.807) is 0 Å². The average Bonchev–Trinajstić information content (AvgIpc) is 2.67. The summed E-state index contributed by atoms with van der Waals surface area (Å²) in [5, 5.41) is 5.07. The molecule has 0 fully saturated rings. The Hall–Kier alpha value is -2.42. The molecular formula is C22H15Cl2NO. The van der Waals surface area contributed by atoms with Gasteiger partial charge in [-0.1, -0.05) is 47.5 Å². The van der Waals surface area contributed by atoms with Crippen LogP contribution in [0.25, 0.3) is 5.70 Å². The predicted molar refractivity (Wildman–Crippen MR) is 107 cm³/mol. The molecular weight excluding hydrogens is 365 g/mol. The zero-order valence-corrected chi connectivity index (χ0v) is 15.3. The van der Waals surface area contributed by atoms with Crippen molar-refractivity contribution in [3.8, 4) is 5.75 Å². The molecule has 2 nitrogen and oxygen atoms in total. The van der Waals surface area contributed by atoms with Crippen molar-refractivity contribution in [3.05, 3.63) is 99.0 Å². The lowest BCUT2D eigenvalue weighted by molar-refractivity contribution is 0.339. The molecule has 0 saturated carbocycles. The molecule has 0 bridgehead atoms. The maximum absolute atomic E-state index is 6.31. The second-order valence-corrected chi connectivity index (χ2v) is 7.40. The number of rotatable bonds is 1. The van der Waals surface area contributed by atoms with Gasteiger partial charge in [0.2, 0.25) is 0 Å². The summed E-state index contributed by atoms with van der Waals surface area (Å²) in [4.78, 5) is 0. The zero-order chi connectivity index (χ0) is 17.7. The summed E-state index contributed by atoms with van der Waals surface area (Å²) >= 11 is 12.4. The summed E-state index contributed by atoms with van der Waals surface area (Å²) < 4.78 is 6.06. The number of hydrogen-bond acceptors (Lipinski definition) is 2. The van der Waals surface area contributed by atoms with Crippen LogP contribution >= 0.6 is 23.2 Å². The molecule has 2 aliphatic heterocycles. The molecule has 2 heterocycles. The molecule has 26 heavy (non-hydrogen) atoms. The molecule has 0 amide bonds. The fourth-order valence-electron chi connectivity index (χ4n) is 3.82. The highest BCUT2D eigenvalue weighted by Crippen LogP contribution is 2.48. The maximum Gasteiger partial charge on any atom is 0.129 e. The standard InChI is InChI=1S/C22H15Cl2NO/c23-14-7-5-13(6-8-14)21-17-11-15(24)9-10-19(17)25-22-16-3-1-2-4-20(16)26-12-18(21)22/h1-11,21,25H,12H2. The Kier molecular flexibility index (Phi) is 3.70. The van der Waals surface area contributed by atoms with Crippen LogP contribution in [-0.4, -0.2) is 6.61 Å². The first kappa shape index (κ1) is 15.8. The normalized spacial score (nSPS) is 17.5. The van der Waals surface area contributed by atoms with Crippen molar-refractivity contribution in [2.75, 3.05) is 11.9 Å². The largest absolute Gasteiger partial charge is 0.488 e. The number of ether oxygens (including phenoxy) is 1. The highest BCUT2D eigenvalue weighted by molar-refractivity contribution is 6.31. The minimum atomic E-state index is 0.0746. The molecule has 1 atom stereocenters. The van der Waals surface area contributed by atoms with Gasteiger partial charge in [-0.15, -0.1) is 0 Å². The molecule has 0 spiro atoms. The minimum Gasteiger partial charge on any atom is -0.488 e. The number of fused-ring (bicyclic) bond motifs is 3. The van der Waals surface area contributed by atoms with E-state index in [0.717, 1.165) is 38.3 Å². The molecule has 4 heteroatoms. The van der Waals surface area contributed by atoms with Gasteiger partial charge in [0.15, 0.2) is 0 Å². The molecule has 1 unspecified atom stereocenters. The second-order valence-electron chi connectivity index (χ2n) is 6.53. The Morgan fingerprint density at radius 2 is 1.65 bits per heavy atom. The Morgan fingerprint density at radius 1 is 0.885 bits per heavy atom. The van der Waals surface area contributed by atoms with Crippen molar-refractivity contribution in [1.82, 2.24) is 0 Å². The Labute approximate surface area is 162 Å². The second kappa shape index (κ2) is 6.08. The highest BCUT2D eigenvalue weighted by Gasteiger charge is 2.33. The van der Waals surface area contributed by atoms with Gasteiger partial charge >= 0.3 is 0 Å². The minimum absolute atomic E-state index is 0.0746. The number of para-hydroxylation sites is 1. The number of hydrogen-bond donors (Lipinski definition) is 1. The molecule has 1 N–H and O–H groups in total. The van der Waals surface area contributed by atoms with Gasteiger partial charge in [-0.2, -0.15) is 0 Å². The number of anilines is 1. The van der Waals surface area contributed by atoms with Gasteiger partial charge in [0, 0.05) is 32.8 Å². The van der Waals surface area contributed by atoms with E-state index in [0.29, 0.717) is 6.61 Å². The molecule has 0 aromatic heterocycles. The Morgan fingerprint density at radius 3 is 2.50 bits per heavy atom. The topological polar surface area (TPSA) is 21.3 Å². The van der Waals surface area contributed by atoms with Crippen molar-refractivity contribution >= 4 is 34.6 Å². The maximum atomic E-state index is 6.31. The van der Waals surface area contributed by atoms with E-state index in [9.17, 15) is 0 Å². The van der Waals surface area contributed by atoms with E-state index >= 15 is 0 Å². The zero-order valence-electron chi connectivity index (χ0n) is 13.8. The van der Waals surface area contributed by atoms with Gasteiger partial charge in [0.25, 0.3) is 0 Å². The smallest absolute Gasteiger partial charge is 0.129 e. The van der Waals surface area contributed by atoms with E-state index < -0.39 is 0 Å². The van der Waals surface area contributed by atoms with E-state index in [4.69, 9.17) is 27.9 Å². The van der Waals surface area contributed by atoms with Gasteiger partial charge in [0.05, 0.1) is 5.70 Å². The van der Waals surface area contributed by atoms with E-state index in [1.165, 1.54) is 11.1 Å². The molecule has 3 aromatic rings. The van der Waals surface area contributed by atoms with Gasteiger partial charge in [0.1, 0.15) is 12.4 Å². The van der Waals surface area contributed by atoms with Crippen LogP contribution < -0.4 is 10.1 Å². The van der Waals surface area contributed by atoms with Crippen molar-refractivity contribution in [1.29, 1.82) is 0 Å². The van der Waals surface area contributed by atoms with Crippen LogP contribution in [0.3, 0.4) is 0 Å². The van der Waals surface area contributed by atoms with Crippen molar-refractivity contribution in [2.24, 2.45) is 0 Å². The van der Waals surface area contributed by atoms with Crippen LogP contribution in [0.1, 0.15) is 22.6 Å². The summed E-state index contributed by atoms with van der Waals surface area (Å²) in [6.45, 7) is 0.540. The average molecular weight is 380 g/mol. The fourth-order valence-corrected chi connectivity index (χ4v) is 4.13. The van der Waals surface area contributed by atoms with Crippen molar-refractivity contribution in [3.63, 3.8) is 0 Å². The first-order valence-electron chi connectivity index (χ1n) is 8.48. The van der Waals surface area contributed by atoms with Gasteiger partial charge in [-0.3, -0.25) is 0 Å². The van der Waals surface area contributed by atoms with Crippen LogP contribution in [0.4, 0.5) is 5.69 Å². The van der Waals surface area contributed by atoms with Crippen LogP contribution in [-0.2, 0) is 0 Å². The first-order valence-corrected chi connectivity index (χ1v) is 9.23. The van der Waals surface area contributed by atoms with Crippen molar-refractivity contribution < 1.29 is 4.74 Å². The van der Waals surface area contributed by atoms with E-state index in [-0.39, 0.29) is 5.92 Å². The fraction of sp³-hybridized carbons (Fsp3) is 0.0909. The van der Waals surface area contributed by atoms with Crippen LogP contribution in [0, 0.1) is 0 Å². The lowest BCUT2D eigenvalue weighted by Gasteiger charge is -2.35. The van der Waals surface area contributed by atoms with E-state index in [1.807, 2.05) is 48.5 Å². The van der Waals surface area contributed by atoms with E-state index in [2.05, 4.69) is 23.5 Å². The van der Waals surface area contributed by atoms with Crippen molar-refractivity contribution in [2.45, 2.75) is 5.92 Å². The third-order valence-corrected chi connectivity index (χ3v) is 5.48. The van der Waals surface area contributed by atoms with Gasteiger partial charge in [-0.25, -0.2) is 0 Å². The summed E-state index contributed by atoms with van der Waals surface area (Å²) in [6.07, 6.45) is 0. The third kappa shape index (κ3) is 2.49. The summed E-state index contributed by atoms with van der Waals surface area (Å²) in [5.41, 5.74) is 6.83. The molecule has 0 aliphatic carbocycles. The predicted octanol–water partition coefficient (Wildman–Crippen LogP) is 6.35. The Bertz CT molecular complexity index is 1040. The molecule has 0 saturated heterocycles. The first-order chi connectivity index (χ1) is 12.7. The number of halogens is 2. The van der Waals surface area contributed by atoms with Crippen LogP contribution in [0.15, 0.2) is 72.3 Å². The lowest BCUT2D eigenvalue weighted by atomic mass is 9.79. The Balaban J connectivity index is 1.75. The molecule has 3 aromatic carbocycles. The molecule has 128 valence electrons.